The van der Waals surface area contributed by atoms with Crippen molar-refractivity contribution in [3.05, 3.63) is 28.8 Å². The van der Waals surface area contributed by atoms with Crippen molar-refractivity contribution in [2.24, 2.45) is 11.8 Å². The van der Waals surface area contributed by atoms with Crippen LogP contribution in [-0.2, 0) is 11.0 Å². The van der Waals surface area contributed by atoms with Crippen LogP contribution in [0.2, 0.25) is 5.02 Å². The van der Waals surface area contributed by atoms with Gasteiger partial charge in [0.05, 0.1) is 11.5 Å². The fourth-order valence-electron chi connectivity index (χ4n) is 2.22. The fourth-order valence-corrected chi connectivity index (χ4v) is 2.46. The molecule has 2 atom stereocenters. The third-order valence-electron chi connectivity index (χ3n) is 3.35. The van der Waals surface area contributed by atoms with Crippen LogP contribution in [-0.4, -0.2) is 19.0 Å². The number of nitrogens with one attached hydrogen (secondary N) is 2. The van der Waals surface area contributed by atoms with E-state index in [0.29, 0.717) is 6.54 Å². The molecule has 20 heavy (non-hydrogen) atoms. The molecule has 0 radical (unpaired) electrons. The SMILES string of the molecule is CC1CNCC1C(=O)Nc1cc(Cl)cc(C(F)(F)F)c1. The summed E-state index contributed by atoms with van der Waals surface area (Å²) in [6.45, 7) is 3.17. The van der Waals surface area contributed by atoms with E-state index in [1.165, 1.54) is 6.07 Å². The topological polar surface area (TPSA) is 41.1 Å². The molecule has 7 heteroatoms. The summed E-state index contributed by atoms with van der Waals surface area (Å²) >= 11 is 5.66. The normalized spacial score (nSPS) is 22.9. The lowest BCUT2D eigenvalue weighted by atomic mass is 9.97. The lowest BCUT2D eigenvalue weighted by Gasteiger charge is -2.15. The van der Waals surface area contributed by atoms with Crippen molar-refractivity contribution >= 4 is 23.2 Å². The van der Waals surface area contributed by atoms with E-state index in [9.17, 15) is 18.0 Å². The van der Waals surface area contributed by atoms with Gasteiger partial charge in [-0.3, -0.25) is 4.79 Å². The van der Waals surface area contributed by atoms with E-state index < -0.39 is 11.7 Å². The van der Waals surface area contributed by atoms with E-state index >= 15 is 0 Å². The minimum absolute atomic E-state index is 0.0623. The molecule has 1 aromatic carbocycles. The van der Waals surface area contributed by atoms with Crippen LogP contribution in [0.1, 0.15) is 12.5 Å². The van der Waals surface area contributed by atoms with Crippen molar-refractivity contribution in [3.8, 4) is 0 Å². The second-order valence-electron chi connectivity index (χ2n) is 4.96. The van der Waals surface area contributed by atoms with Crippen molar-refractivity contribution < 1.29 is 18.0 Å². The summed E-state index contributed by atoms with van der Waals surface area (Å²) in [5.74, 6) is -0.391. The van der Waals surface area contributed by atoms with Crippen LogP contribution in [0.5, 0.6) is 0 Å². The van der Waals surface area contributed by atoms with Gasteiger partial charge in [-0.15, -0.1) is 0 Å². The van der Waals surface area contributed by atoms with Gasteiger partial charge in [-0.05, 0) is 30.7 Å². The maximum atomic E-state index is 12.7. The van der Waals surface area contributed by atoms with Gasteiger partial charge < -0.3 is 10.6 Å². The Bertz CT molecular complexity index is 519. The highest BCUT2D eigenvalue weighted by molar-refractivity contribution is 6.31. The first-order valence-corrected chi connectivity index (χ1v) is 6.54. The van der Waals surface area contributed by atoms with E-state index in [2.05, 4.69) is 10.6 Å². The zero-order chi connectivity index (χ0) is 14.9. The molecule has 110 valence electrons. The Kier molecular flexibility index (Phi) is 4.25. The summed E-state index contributed by atoms with van der Waals surface area (Å²) in [7, 11) is 0. The number of anilines is 1. The molecule has 0 bridgehead atoms. The van der Waals surface area contributed by atoms with Crippen LogP contribution in [0.4, 0.5) is 18.9 Å². The number of benzene rings is 1. The molecule has 2 rings (SSSR count). The molecule has 0 spiro atoms. The molecule has 2 N–H and O–H groups in total. The van der Waals surface area contributed by atoms with Crippen molar-refractivity contribution in [2.45, 2.75) is 13.1 Å². The van der Waals surface area contributed by atoms with Gasteiger partial charge in [0.2, 0.25) is 5.91 Å². The molecule has 1 heterocycles. The standard InChI is InChI=1S/C13H14ClF3N2O/c1-7-5-18-6-11(7)12(20)19-10-3-8(13(15,16)17)2-9(14)4-10/h2-4,7,11,18H,5-6H2,1H3,(H,19,20). The Balaban J connectivity index is 2.17. The Hall–Kier alpha value is -1.27. The van der Waals surface area contributed by atoms with Gasteiger partial charge in [-0.1, -0.05) is 18.5 Å². The predicted octanol–water partition coefficient (Wildman–Crippen LogP) is 3.15. The number of rotatable bonds is 2. The predicted molar refractivity (Wildman–Crippen MR) is 70.6 cm³/mol. The Morgan fingerprint density at radius 3 is 2.60 bits per heavy atom. The van der Waals surface area contributed by atoms with Gasteiger partial charge in [0.25, 0.3) is 0 Å². The Labute approximate surface area is 119 Å². The summed E-state index contributed by atoms with van der Waals surface area (Å²) < 4.78 is 38.0. The third kappa shape index (κ3) is 3.43. The number of alkyl halides is 3. The summed E-state index contributed by atoms with van der Waals surface area (Å²) in [5, 5.41) is 5.51. The minimum atomic E-state index is -4.49. The number of carbonyl (C=O) groups excluding carboxylic acids is 1. The van der Waals surface area contributed by atoms with Crippen LogP contribution >= 0.6 is 11.6 Å². The van der Waals surface area contributed by atoms with Gasteiger partial charge in [-0.2, -0.15) is 13.2 Å². The molecule has 0 aliphatic carbocycles. The molecule has 1 fully saturated rings. The van der Waals surface area contributed by atoms with Crippen LogP contribution in [0.25, 0.3) is 0 Å². The first-order valence-electron chi connectivity index (χ1n) is 6.17. The second kappa shape index (κ2) is 5.61. The van der Waals surface area contributed by atoms with Crippen molar-refractivity contribution in [2.75, 3.05) is 18.4 Å². The van der Waals surface area contributed by atoms with Crippen LogP contribution in [0.3, 0.4) is 0 Å². The number of hydrogen-bond acceptors (Lipinski definition) is 2. The van der Waals surface area contributed by atoms with E-state index in [4.69, 9.17) is 11.6 Å². The molecule has 1 amide bonds. The molecule has 2 unspecified atom stereocenters. The Morgan fingerprint density at radius 1 is 1.35 bits per heavy atom. The van der Waals surface area contributed by atoms with Crippen molar-refractivity contribution in [1.82, 2.24) is 5.32 Å². The highest BCUT2D eigenvalue weighted by Gasteiger charge is 2.32. The van der Waals surface area contributed by atoms with Gasteiger partial charge in [0.1, 0.15) is 0 Å². The van der Waals surface area contributed by atoms with Crippen LogP contribution in [0.15, 0.2) is 18.2 Å². The smallest absolute Gasteiger partial charge is 0.326 e. The van der Waals surface area contributed by atoms with Gasteiger partial charge >= 0.3 is 6.18 Å². The number of halogens is 4. The van der Waals surface area contributed by atoms with Crippen LogP contribution < -0.4 is 10.6 Å². The lowest BCUT2D eigenvalue weighted by Crippen LogP contribution is -2.28. The zero-order valence-corrected chi connectivity index (χ0v) is 11.5. The highest BCUT2D eigenvalue weighted by atomic mass is 35.5. The van der Waals surface area contributed by atoms with Crippen molar-refractivity contribution in [3.63, 3.8) is 0 Å². The van der Waals surface area contributed by atoms with E-state index in [1.807, 2.05) is 6.92 Å². The molecule has 1 aromatic rings. The molecule has 1 saturated heterocycles. The molecular formula is C13H14ClF3N2O. The second-order valence-corrected chi connectivity index (χ2v) is 5.39. The van der Waals surface area contributed by atoms with Gasteiger partial charge in [0, 0.05) is 17.3 Å². The average Bonchev–Trinajstić information content (AvgIpc) is 2.73. The fraction of sp³-hybridized carbons (Fsp3) is 0.462. The minimum Gasteiger partial charge on any atom is -0.326 e. The first kappa shape index (κ1) is 15.1. The van der Waals surface area contributed by atoms with E-state index in [1.54, 1.807) is 0 Å². The first-order chi connectivity index (χ1) is 9.27. The molecule has 0 saturated carbocycles. The van der Waals surface area contributed by atoms with Crippen molar-refractivity contribution in [1.29, 1.82) is 0 Å². The van der Waals surface area contributed by atoms with E-state index in [0.717, 1.165) is 18.7 Å². The summed E-state index contributed by atoms with van der Waals surface area (Å²) in [4.78, 5) is 12.0. The van der Waals surface area contributed by atoms with Gasteiger partial charge in [0.15, 0.2) is 0 Å². The molecule has 0 aromatic heterocycles. The molecule has 1 aliphatic heterocycles. The monoisotopic (exact) mass is 306 g/mol. The van der Waals surface area contributed by atoms with E-state index in [-0.39, 0.29) is 28.5 Å². The third-order valence-corrected chi connectivity index (χ3v) is 3.57. The number of hydrogen-bond donors (Lipinski definition) is 2. The maximum Gasteiger partial charge on any atom is 0.416 e. The summed E-state index contributed by atoms with van der Waals surface area (Å²) in [6, 6.07) is 3.02. The molecule has 3 nitrogen and oxygen atoms in total. The summed E-state index contributed by atoms with van der Waals surface area (Å²) in [5.41, 5.74) is -0.813. The highest BCUT2D eigenvalue weighted by Crippen LogP contribution is 2.33. The number of carbonyl (C=O) groups is 1. The largest absolute Gasteiger partial charge is 0.416 e. The lowest BCUT2D eigenvalue weighted by molar-refractivity contribution is -0.137. The maximum absolute atomic E-state index is 12.7. The molecule has 1 aliphatic rings. The summed E-state index contributed by atoms with van der Waals surface area (Å²) in [6.07, 6.45) is -4.49. The average molecular weight is 307 g/mol. The molecular weight excluding hydrogens is 293 g/mol. The number of amides is 1. The zero-order valence-electron chi connectivity index (χ0n) is 10.7. The van der Waals surface area contributed by atoms with Gasteiger partial charge in [-0.25, -0.2) is 0 Å². The quantitative estimate of drug-likeness (QED) is 0.881. The Morgan fingerprint density at radius 2 is 2.05 bits per heavy atom. The van der Waals surface area contributed by atoms with Crippen LogP contribution in [0, 0.1) is 11.8 Å².